The van der Waals surface area contributed by atoms with Gasteiger partial charge in [0.15, 0.2) is 0 Å². The van der Waals surface area contributed by atoms with E-state index in [1.807, 2.05) is 54.7 Å². The summed E-state index contributed by atoms with van der Waals surface area (Å²) in [7, 11) is 0. The van der Waals surface area contributed by atoms with Crippen molar-refractivity contribution in [3.63, 3.8) is 0 Å². The molecule has 0 radical (unpaired) electrons. The van der Waals surface area contributed by atoms with Gasteiger partial charge in [-0.25, -0.2) is 9.97 Å². The molecule has 0 spiro atoms. The second-order valence-corrected chi connectivity index (χ2v) is 10.5. The van der Waals surface area contributed by atoms with Gasteiger partial charge in [0.1, 0.15) is 18.7 Å². The molecule has 1 N–H and O–H groups in total. The molecule has 6 rings (SSSR count). The molecule has 3 aromatic carbocycles. The summed E-state index contributed by atoms with van der Waals surface area (Å²) >= 11 is 0. The number of nitrogens with zero attached hydrogens (tertiary/aromatic N) is 3. The quantitative estimate of drug-likeness (QED) is 0.183. The highest BCUT2D eigenvalue weighted by Crippen LogP contribution is 2.27. The van der Waals surface area contributed by atoms with Gasteiger partial charge in [0, 0.05) is 23.8 Å². The molecule has 7 nitrogen and oxygen atoms in total. The molecule has 1 atom stereocenters. The van der Waals surface area contributed by atoms with Crippen molar-refractivity contribution in [2.75, 3.05) is 13.2 Å². The lowest BCUT2D eigenvalue weighted by Crippen LogP contribution is -2.33. The Kier molecular flexibility index (Phi) is 8.97. The lowest BCUT2D eigenvalue weighted by Gasteiger charge is -2.24. The third kappa shape index (κ3) is 7.19. The zero-order valence-electron chi connectivity index (χ0n) is 23.2. The molecule has 2 aromatic heterocycles. The lowest BCUT2D eigenvalue weighted by atomic mass is 10.1. The van der Waals surface area contributed by atoms with Gasteiger partial charge in [-0.3, -0.25) is 4.90 Å². The topological polar surface area (TPSA) is 72.5 Å². The summed E-state index contributed by atoms with van der Waals surface area (Å²) in [5.74, 6) is 0.862. The number of ether oxygens (including phenoxy) is 3. The van der Waals surface area contributed by atoms with Crippen LogP contribution in [0, 0.1) is 0 Å². The van der Waals surface area contributed by atoms with Crippen LogP contribution >= 0.6 is 0 Å². The number of nitrogens with one attached hydrogen (secondary N) is 1. The zero-order chi connectivity index (χ0) is 27.7. The Morgan fingerprint density at radius 2 is 1.56 bits per heavy atom. The van der Waals surface area contributed by atoms with Crippen molar-refractivity contribution < 1.29 is 14.2 Å². The minimum atomic E-state index is 0.359. The van der Waals surface area contributed by atoms with Crippen molar-refractivity contribution in [1.82, 2.24) is 19.9 Å². The number of aromatic amines is 1. The van der Waals surface area contributed by atoms with E-state index >= 15 is 0 Å². The van der Waals surface area contributed by atoms with Gasteiger partial charge in [0.25, 0.3) is 0 Å². The molecule has 1 fully saturated rings. The van der Waals surface area contributed by atoms with Crippen LogP contribution in [-0.2, 0) is 42.4 Å². The molecule has 41 heavy (non-hydrogen) atoms. The first-order valence-corrected chi connectivity index (χ1v) is 14.3. The van der Waals surface area contributed by atoms with Crippen molar-refractivity contribution in [3.8, 4) is 5.75 Å². The molecule has 7 heteroatoms. The molecular formula is C34H36N4O3. The van der Waals surface area contributed by atoms with E-state index in [-0.39, 0.29) is 0 Å². The van der Waals surface area contributed by atoms with E-state index in [1.165, 1.54) is 5.56 Å². The fraction of sp³-hybridized carbons (Fsp3) is 0.294. The van der Waals surface area contributed by atoms with Crippen LogP contribution in [0.5, 0.6) is 5.75 Å². The van der Waals surface area contributed by atoms with E-state index in [1.54, 1.807) is 6.33 Å². The molecule has 0 bridgehead atoms. The van der Waals surface area contributed by atoms with Crippen molar-refractivity contribution in [2.45, 2.75) is 51.9 Å². The predicted octanol–water partition coefficient (Wildman–Crippen LogP) is 6.43. The van der Waals surface area contributed by atoms with Crippen LogP contribution in [0.4, 0.5) is 0 Å². The molecule has 3 heterocycles. The van der Waals surface area contributed by atoms with Crippen LogP contribution < -0.4 is 4.74 Å². The number of hydrogen-bond acceptors (Lipinski definition) is 6. The highest BCUT2D eigenvalue weighted by atomic mass is 16.5. The maximum atomic E-state index is 6.25. The van der Waals surface area contributed by atoms with Gasteiger partial charge in [0.05, 0.1) is 43.7 Å². The molecule has 210 valence electrons. The standard InChI is InChI=1S/C34H36N4O3/c1-3-9-26(10-4-1)20-40-24-33-31(34-32(37-33)18-35-25-36-34)19-38-16-8-14-29(38)23-39-21-28-13-7-15-30(17-28)41-22-27-11-5-2-6-12-27/h1-7,9-13,15,17-18,25,29,37H,8,14,16,19-24H2. The van der Waals surface area contributed by atoms with E-state index in [9.17, 15) is 0 Å². The molecule has 0 saturated carbocycles. The summed E-state index contributed by atoms with van der Waals surface area (Å²) in [6.45, 7) is 4.72. The third-order valence-electron chi connectivity index (χ3n) is 7.59. The number of H-pyrrole nitrogens is 1. The van der Waals surface area contributed by atoms with Gasteiger partial charge in [-0.1, -0.05) is 72.8 Å². The second kappa shape index (κ2) is 13.5. The van der Waals surface area contributed by atoms with Gasteiger partial charge in [-0.15, -0.1) is 0 Å². The van der Waals surface area contributed by atoms with Crippen molar-refractivity contribution in [2.24, 2.45) is 0 Å². The highest BCUT2D eigenvalue weighted by molar-refractivity contribution is 5.79. The average molecular weight is 549 g/mol. The van der Waals surface area contributed by atoms with E-state index in [0.29, 0.717) is 39.1 Å². The van der Waals surface area contributed by atoms with Gasteiger partial charge < -0.3 is 19.2 Å². The summed E-state index contributed by atoms with van der Waals surface area (Å²) in [6.07, 6.45) is 5.75. The van der Waals surface area contributed by atoms with Crippen LogP contribution in [0.15, 0.2) is 97.5 Å². The molecular weight excluding hydrogens is 512 g/mol. The molecule has 1 aliphatic heterocycles. The van der Waals surface area contributed by atoms with Crippen molar-refractivity contribution >= 4 is 11.0 Å². The Hall–Kier alpha value is -4.04. The van der Waals surface area contributed by atoms with Crippen LogP contribution in [0.1, 0.15) is 40.8 Å². The Bertz CT molecular complexity index is 1520. The van der Waals surface area contributed by atoms with Crippen LogP contribution in [0.2, 0.25) is 0 Å². The molecule has 5 aromatic rings. The first-order valence-electron chi connectivity index (χ1n) is 14.3. The number of rotatable bonds is 13. The minimum absolute atomic E-state index is 0.359. The average Bonchev–Trinajstić information content (AvgIpc) is 3.61. The smallest absolute Gasteiger partial charge is 0.120 e. The van der Waals surface area contributed by atoms with Crippen molar-refractivity contribution in [1.29, 1.82) is 0 Å². The maximum absolute atomic E-state index is 6.25. The van der Waals surface area contributed by atoms with Gasteiger partial charge in [-0.2, -0.15) is 0 Å². The second-order valence-electron chi connectivity index (χ2n) is 10.5. The van der Waals surface area contributed by atoms with Crippen LogP contribution in [-0.4, -0.2) is 39.0 Å². The van der Waals surface area contributed by atoms with Gasteiger partial charge >= 0.3 is 0 Å². The number of fused-ring (bicyclic) bond motifs is 1. The summed E-state index contributed by atoms with van der Waals surface area (Å²) in [5, 5.41) is 0. The van der Waals surface area contributed by atoms with Crippen LogP contribution in [0.3, 0.4) is 0 Å². The summed E-state index contributed by atoms with van der Waals surface area (Å²) in [4.78, 5) is 14.9. The fourth-order valence-corrected chi connectivity index (χ4v) is 5.46. The molecule has 1 saturated heterocycles. The Morgan fingerprint density at radius 1 is 0.805 bits per heavy atom. The molecule has 1 aliphatic rings. The number of benzene rings is 3. The predicted molar refractivity (Wildman–Crippen MR) is 159 cm³/mol. The van der Waals surface area contributed by atoms with E-state index in [4.69, 9.17) is 14.2 Å². The monoisotopic (exact) mass is 548 g/mol. The minimum Gasteiger partial charge on any atom is -0.489 e. The van der Waals surface area contributed by atoms with Crippen molar-refractivity contribution in [3.05, 3.63) is 125 Å². The van der Waals surface area contributed by atoms with E-state index in [0.717, 1.165) is 65.1 Å². The molecule has 1 unspecified atom stereocenters. The lowest BCUT2D eigenvalue weighted by molar-refractivity contribution is 0.0636. The summed E-state index contributed by atoms with van der Waals surface area (Å²) in [6, 6.07) is 29.0. The Labute approximate surface area is 241 Å². The van der Waals surface area contributed by atoms with Crippen LogP contribution in [0.25, 0.3) is 11.0 Å². The van der Waals surface area contributed by atoms with E-state index < -0.39 is 0 Å². The highest BCUT2D eigenvalue weighted by Gasteiger charge is 2.27. The first-order chi connectivity index (χ1) is 20.3. The number of likely N-dealkylation sites (tertiary alicyclic amines) is 1. The fourth-order valence-electron chi connectivity index (χ4n) is 5.46. The molecule has 0 amide bonds. The summed E-state index contributed by atoms with van der Waals surface area (Å²) in [5.41, 5.74) is 7.60. The van der Waals surface area contributed by atoms with Gasteiger partial charge in [-0.05, 0) is 48.2 Å². The third-order valence-corrected chi connectivity index (χ3v) is 7.59. The van der Waals surface area contributed by atoms with E-state index in [2.05, 4.69) is 56.3 Å². The molecule has 0 aliphatic carbocycles. The zero-order valence-corrected chi connectivity index (χ0v) is 23.2. The Morgan fingerprint density at radius 3 is 2.39 bits per heavy atom. The first kappa shape index (κ1) is 27.1. The number of aromatic nitrogens is 3. The van der Waals surface area contributed by atoms with Gasteiger partial charge in [0.2, 0.25) is 0 Å². The Balaban J connectivity index is 1.05. The number of hydrogen-bond donors (Lipinski definition) is 1. The maximum Gasteiger partial charge on any atom is 0.120 e. The largest absolute Gasteiger partial charge is 0.489 e. The summed E-state index contributed by atoms with van der Waals surface area (Å²) < 4.78 is 18.3. The SMILES string of the molecule is c1ccc(COCc2[nH]c3cncnc3c2CN2CCCC2COCc2cccc(OCc3ccccc3)c2)cc1. The normalized spacial score (nSPS) is 15.5.